The normalized spacial score (nSPS) is 11.5. The molecule has 1 aromatic heterocycles. The molecule has 5 rings (SSSR count). The van der Waals surface area contributed by atoms with E-state index in [9.17, 15) is 9.59 Å². The number of hydrogen-bond acceptors (Lipinski definition) is 7. The number of carbonyl (C=O) groups is 1. The van der Waals surface area contributed by atoms with E-state index in [1.165, 1.54) is 11.8 Å². The van der Waals surface area contributed by atoms with Gasteiger partial charge in [-0.05, 0) is 72.0 Å². The first-order chi connectivity index (χ1) is 20.3. The number of para-hydroxylation sites is 1. The Kier molecular flexibility index (Phi) is 8.33. The zero-order valence-electron chi connectivity index (χ0n) is 24.4. The molecule has 42 heavy (non-hydrogen) atoms. The van der Waals surface area contributed by atoms with Gasteiger partial charge in [0, 0.05) is 11.1 Å². The first kappa shape index (κ1) is 28.5. The van der Waals surface area contributed by atoms with Gasteiger partial charge < -0.3 is 14.2 Å². The first-order valence-corrected chi connectivity index (χ1v) is 13.9. The molecule has 0 bridgehead atoms. The maximum atomic E-state index is 13.9. The molecule has 0 fully saturated rings. The number of hydrogen-bond donors (Lipinski definition) is 0. The van der Waals surface area contributed by atoms with E-state index in [0.29, 0.717) is 34.6 Å². The monoisotopic (exact) mass is 563 g/mol. The molecule has 0 saturated carbocycles. The maximum Gasteiger partial charge on any atom is 0.343 e. The molecule has 4 aromatic carbocycles. The molecule has 0 atom stereocenters. The molecule has 0 unspecified atom stereocenters. The zero-order valence-corrected chi connectivity index (χ0v) is 24.4. The van der Waals surface area contributed by atoms with Gasteiger partial charge in [-0.2, -0.15) is 9.78 Å². The Balaban J connectivity index is 1.74. The van der Waals surface area contributed by atoms with Crippen molar-refractivity contribution < 1.29 is 19.0 Å². The van der Waals surface area contributed by atoms with Gasteiger partial charge in [0.05, 0.1) is 30.8 Å². The van der Waals surface area contributed by atoms with Crippen molar-refractivity contribution in [2.45, 2.75) is 33.6 Å². The van der Waals surface area contributed by atoms with Crippen LogP contribution in [0.3, 0.4) is 0 Å². The van der Waals surface area contributed by atoms with Crippen LogP contribution in [0.1, 0.15) is 43.4 Å². The van der Waals surface area contributed by atoms with Crippen LogP contribution >= 0.6 is 0 Å². The van der Waals surface area contributed by atoms with Crippen LogP contribution in [0, 0.1) is 6.92 Å². The van der Waals surface area contributed by atoms with Gasteiger partial charge in [-0.3, -0.25) is 4.79 Å². The number of methoxy groups -OCH3 is 1. The number of benzene rings is 4. The average Bonchev–Trinajstić information content (AvgIpc) is 2.99. The van der Waals surface area contributed by atoms with E-state index in [4.69, 9.17) is 24.3 Å². The summed E-state index contributed by atoms with van der Waals surface area (Å²) in [5.74, 6) is 1.34. The Bertz CT molecular complexity index is 1870. The highest BCUT2D eigenvalue weighted by Crippen LogP contribution is 2.34. The lowest BCUT2D eigenvalue weighted by Gasteiger charge is -2.18. The SMILES string of the molecule is CCOc1cc(C)c(-c2nc3ccccc3c(=O)n2N=Cc2c(OCC(=O)OC)ccc3ccccc23)cc1C(C)C. The number of fused-ring (bicyclic) bond motifs is 2. The molecule has 5 aromatic rings. The summed E-state index contributed by atoms with van der Waals surface area (Å²) >= 11 is 0. The number of rotatable bonds is 9. The fourth-order valence-electron chi connectivity index (χ4n) is 4.92. The lowest BCUT2D eigenvalue weighted by molar-refractivity contribution is -0.142. The van der Waals surface area contributed by atoms with Crippen LogP contribution < -0.4 is 15.0 Å². The second kappa shape index (κ2) is 12.3. The summed E-state index contributed by atoms with van der Waals surface area (Å²) in [7, 11) is 1.31. The number of carbonyl (C=O) groups excluding carboxylic acids is 1. The van der Waals surface area contributed by atoms with Gasteiger partial charge in [-0.15, -0.1) is 0 Å². The van der Waals surface area contributed by atoms with Gasteiger partial charge in [-0.25, -0.2) is 9.78 Å². The second-order valence-electron chi connectivity index (χ2n) is 10.2. The average molecular weight is 564 g/mol. The van der Waals surface area contributed by atoms with Crippen molar-refractivity contribution in [1.82, 2.24) is 9.66 Å². The van der Waals surface area contributed by atoms with Crippen molar-refractivity contribution in [3.05, 3.63) is 99.8 Å². The molecule has 0 N–H and O–H groups in total. The third-order valence-corrected chi connectivity index (χ3v) is 7.08. The van der Waals surface area contributed by atoms with Crippen LogP contribution in [0.4, 0.5) is 0 Å². The Labute approximate surface area is 244 Å². The van der Waals surface area contributed by atoms with Crippen LogP contribution in [0.2, 0.25) is 0 Å². The van der Waals surface area contributed by atoms with Gasteiger partial charge in [-0.1, -0.05) is 56.3 Å². The molecule has 8 heteroatoms. The van der Waals surface area contributed by atoms with Crippen molar-refractivity contribution in [1.29, 1.82) is 0 Å². The summed E-state index contributed by atoms with van der Waals surface area (Å²) in [6, 6.07) is 22.7. The fraction of sp³-hybridized carbons (Fsp3) is 0.235. The second-order valence-corrected chi connectivity index (χ2v) is 10.2. The molecular formula is C34H33N3O5. The molecule has 0 spiro atoms. The molecule has 0 saturated heterocycles. The lowest BCUT2D eigenvalue weighted by Crippen LogP contribution is -2.21. The molecule has 0 radical (unpaired) electrons. The first-order valence-electron chi connectivity index (χ1n) is 13.9. The molecule has 1 heterocycles. The Morgan fingerprint density at radius 3 is 2.45 bits per heavy atom. The number of nitrogens with zero attached hydrogens (tertiary/aromatic N) is 3. The summed E-state index contributed by atoms with van der Waals surface area (Å²) < 4.78 is 17.8. The summed E-state index contributed by atoms with van der Waals surface area (Å²) in [5, 5.41) is 6.98. The van der Waals surface area contributed by atoms with Gasteiger partial charge in [0.25, 0.3) is 5.56 Å². The summed E-state index contributed by atoms with van der Waals surface area (Å²) in [5.41, 5.74) is 3.60. The largest absolute Gasteiger partial charge is 0.494 e. The van der Waals surface area contributed by atoms with E-state index in [0.717, 1.165) is 33.2 Å². The topological polar surface area (TPSA) is 92.0 Å². The number of esters is 1. The summed E-state index contributed by atoms with van der Waals surface area (Å²) in [4.78, 5) is 30.7. The quantitative estimate of drug-likeness (QED) is 0.151. The fourth-order valence-corrected chi connectivity index (χ4v) is 4.92. The van der Waals surface area contributed by atoms with Crippen molar-refractivity contribution in [3.63, 3.8) is 0 Å². The van der Waals surface area contributed by atoms with Crippen molar-refractivity contribution in [3.8, 4) is 22.9 Å². The third kappa shape index (κ3) is 5.61. The predicted octanol–water partition coefficient (Wildman–Crippen LogP) is 6.48. The number of aromatic nitrogens is 2. The van der Waals surface area contributed by atoms with Crippen molar-refractivity contribution >= 4 is 33.9 Å². The molecule has 0 aliphatic rings. The summed E-state index contributed by atoms with van der Waals surface area (Å²) in [6.07, 6.45) is 1.59. The van der Waals surface area contributed by atoms with Crippen molar-refractivity contribution in [2.75, 3.05) is 20.3 Å². The molecule has 0 aliphatic heterocycles. The third-order valence-electron chi connectivity index (χ3n) is 7.08. The minimum Gasteiger partial charge on any atom is -0.494 e. The molecule has 0 amide bonds. The number of ether oxygens (including phenoxy) is 3. The van der Waals surface area contributed by atoms with Crippen LogP contribution in [0.25, 0.3) is 33.1 Å². The van der Waals surface area contributed by atoms with E-state index < -0.39 is 5.97 Å². The maximum absolute atomic E-state index is 13.9. The van der Waals surface area contributed by atoms with E-state index in [1.54, 1.807) is 18.3 Å². The van der Waals surface area contributed by atoms with Crippen LogP contribution in [-0.4, -0.2) is 42.2 Å². The Hall–Kier alpha value is -4.98. The van der Waals surface area contributed by atoms with Crippen LogP contribution in [0.5, 0.6) is 11.5 Å². The van der Waals surface area contributed by atoms with E-state index >= 15 is 0 Å². The van der Waals surface area contributed by atoms with E-state index in [1.807, 2.05) is 74.5 Å². The Morgan fingerprint density at radius 1 is 0.976 bits per heavy atom. The lowest BCUT2D eigenvalue weighted by atomic mass is 9.96. The summed E-state index contributed by atoms with van der Waals surface area (Å²) in [6.45, 7) is 8.43. The van der Waals surface area contributed by atoms with E-state index in [2.05, 4.69) is 13.8 Å². The van der Waals surface area contributed by atoms with Gasteiger partial charge in [0.2, 0.25) is 0 Å². The minimum absolute atomic E-state index is 0.181. The molecule has 8 nitrogen and oxygen atoms in total. The Morgan fingerprint density at radius 2 is 1.71 bits per heavy atom. The zero-order chi connectivity index (χ0) is 29.8. The smallest absolute Gasteiger partial charge is 0.343 e. The van der Waals surface area contributed by atoms with Crippen LogP contribution in [-0.2, 0) is 9.53 Å². The number of aryl methyl sites for hydroxylation is 1. The highest BCUT2D eigenvalue weighted by molar-refractivity contribution is 6.02. The van der Waals surface area contributed by atoms with Gasteiger partial charge in [0.15, 0.2) is 12.4 Å². The van der Waals surface area contributed by atoms with E-state index in [-0.39, 0.29) is 18.1 Å². The van der Waals surface area contributed by atoms with Crippen molar-refractivity contribution in [2.24, 2.45) is 5.10 Å². The highest BCUT2D eigenvalue weighted by atomic mass is 16.6. The van der Waals surface area contributed by atoms with Gasteiger partial charge in [0.1, 0.15) is 11.5 Å². The minimum atomic E-state index is -0.504. The molecule has 214 valence electrons. The van der Waals surface area contributed by atoms with Gasteiger partial charge >= 0.3 is 5.97 Å². The molecular weight excluding hydrogens is 530 g/mol. The van der Waals surface area contributed by atoms with Crippen LogP contribution in [0.15, 0.2) is 82.7 Å². The predicted molar refractivity (Wildman–Crippen MR) is 166 cm³/mol. The standard InChI is InChI=1S/C34H33N3O5/c1-6-41-31-17-22(4)27(18-26(31)21(2)3)33-36-29-14-10-9-13-25(29)34(39)37(33)35-19-28-24-12-8-7-11-23(24)15-16-30(28)42-20-32(38)40-5/h7-19,21H,6,20H2,1-5H3. The highest BCUT2D eigenvalue weighted by Gasteiger charge is 2.19. The molecule has 0 aliphatic carbocycles.